The summed E-state index contributed by atoms with van der Waals surface area (Å²) in [4.78, 5) is 24.0. The van der Waals surface area contributed by atoms with Crippen LogP contribution in [0.3, 0.4) is 0 Å². The molecule has 0 saturated carbocycles. The zero-order valence-corrected chi connectivity index (χ0v) is 15.5. The lowest BCUT2D eigenvalue weighted by Crippen LogP contribution is -2.20. The Labute approximate surface area is 158 Å². The number of benzene rings is 2. The summed E-state index contributed by atoms with van der Waals surface area (Å²) in [5.41, 5.74) is 7.12. The lowest BCUT2D eigenvalue weighted by atomic mass is 10.2. The van der Waals surface area contributed by atoms with E-state index in [1.54, 1.807) is 36.4 Å². The van der Waals surface area contributed by atoms with E-state index in [1.165, 1.54) is 6.07 Å². The molecule has 0 saturated heterocycles. The first-order valence-electron chi connectivity index (χ1n) is 8.75. The highest BCUT2D eigenvalue weighted by Gasteiger charge is 2.12. The molecule has 0 atom stereocenters. The van der Waals surface area contributed by atoms with E-state index < -0.39 is 5.97 Å². The van der Waals surface area contributed by atoms with Gasteiger partial charge >= 0.3 is 5.97 Å². The summed E-state index contributed by atoms with van der Waals surface area (Å²) >= 11 is 0. The normalized spacial score (nSPS) is 10.1. The third-order valence-electron chi connectivity index (χ3n) is 3.49. The molecular formula is C20H24N2O5. The standard InChI is InChI=1S/C20H24N2O5/c1-3-11-26-20(24)14-5-10-17(21)18(12-14)27-13-19(23)22-15-6-8-16(9-7-15)25-4-2/h5-10,12H,3-4,11,13,21H2,1-2H3,(H,22,23). The maximum absolute atomic E-state index is 12.1. The van der Waals surface area contributed by atoms with E-state index >= 15 is 0 Å². The van der Waals surface area contributed by atoms with Crippen molar-refractivity contribution in [1.29, 1.82) is 0 Å². The molecule has 7 heteroatoms. The maximum atomic E-state index is 12.1. The van der Waals surface area contributed by atoms with E-state index in [2.05, 4.69) is 5.32 Å². The van der Waals surface area contributed by atoms with Crippen LogP contribution in [0.1, 0.15) is 30.6 Å². The van der Waals surface area contributed by atoms with Gasteiger partial charge in [-0.3, -0.25) is 4.79 Å². The van der Waals surface area contributed by atoms with Crippen LogP contribution in [0.25, 0.3) is 0 Å². The monoisotopic (exact) mass is 372 g/mol. The molecule has 0 aliphatic heterocycles. The van der Waals surface area contributed by atoms with Gasteiger partial charge in [0.05, 0.1) is 24.5 Å². The van der Waals surface area contributed by atoms with Crippen molar-refractivity contribution in [3.63, 3.8) is 0 Å². The second-order valence-corrected chi connectivity index (χ2v) is 5.68. The van der Waals surface area contributed by atoms with Crippen LogP contribution in [-0.2, 0) is 9.53 Å². The van der Waals surface area contributed by atoms with Crippen molar-refractivity contribution in [3.8, 4) is 11.5 Å². The third kappa shape index (κ3) is 6.22. The van der Waals surface area contributed by atoms with E-state index in [4.69, 9.17) is 19.9 Å². The average Bonchev–Trinajstić information content (AvgIpc) is 2.67. The van der Waals surface area contributed by atoms with Crippen LogP contribution in [0.5, 0.6) is 11.5 Å². The van der Waals surface area contributed by atoms with Gasteiger partial charge in [0.1, 0.15) is 11.5 Å². The first-order valence-corrected chi connectivity index (χ1v) is 8.75. The first-order chi connectivity index (χ1) is 13.0. The van der Waals surface area contributed by atoms with Crippen molar-refractivity contribution < 1.29 is 23.8 Å². The number of hydrogen-bond acceptors (Lipinski definition) is 6. The summed E-state index contributed by atoms with van der Waals surface area (Å²) in [5, 5.41) is 2.71. The summed E-state index contributed by atoms with van der Waals surface area (Å²) in [7, 11) is 0. The average molecular weight is 372 g/mol. The van der Waals surface area contributed by atoms with Crippen molar-refractivity contribution in [3.05, 3.63) is 48.0 Å². The van der Waals surface area contributed by atoms with Crippen molar-refractivity contribution in [2.75, 3.05) is 30.9 Å². The SMILES string of the molecule is CCCOC(=O)c1ccc(N)c(OCC(=O)Nc2ccc(OCC)cc2)c1. The van der Waals surface area contributed by atoms with Gasteiger partial charge in [-0.15, -0.1) is 0 Å². The van der Waals surface area contributed by atoms with Gasteiger partial charge in [-0.05, 0) is 55.8 Å². The highest BCUT2D eigenvalue weighted by molar-refractivity contribution is 5.92. The number of nitrogen functional groups attached to an aromatic ring is 1. The summed E-state index contributed by atoms with van der Waals surface area (Å²) in [5.74, 6) is 0.173. The van der Waals surface area contributed by atoms with Crippen LogP contribution in [-0.4, -0.2) is 31.7 Å². The van der Waals surface area contributed by atoms with Gasteiger partial charge in [0.15, 0.2) is 6.61 Å². The summed E-state index contributed by atoms with van der Waals surface area (Å²) < 4.78 is 15.9. The molecule has 7 nitrogen and oxygen atoms in total. The molecule has 0 aliphatic carbocycles. The van der Waals surface area contributed by atoms with Crippen molar-refractivity contribution in [1.82, 2.24) is 0 Å². The summed E-state index contributed by atoms with van der Waals surface area (Å²) in [6.45, 7) is 4.48. The van der Waals surface area contributed by atoms with E-state index in [-0.39, 0.29) is 18.3 Å². The number of amides is 1. The van der Waals surface area contributed by atoms with E-state index in [0.29, 0.717) is 30.2 Å². The predicted molar refractivity (Wildman–Crippen MR) is 103 cm³/mol. The molecule has 2 aromatic rings. The van der Waals surface area contributed by atoms with Crippen LogP contribution in [0.15, 0.2) is 42.5 Å². The lowest BCUT2D eigenvalue weighted by Gasteiger charge is -2.11. The second-order valence-electron chi connectivity index (χ2n) is 5.68. The quantitative estimate of drug-likeness (QED) is 0.518. The first kappa shape index (κ1) is 20.1. The van der Waals surface area contributed by atoms with Crippen LogP contribution in [0.4, 0.5) is 11.4 Å². The number of rotatable bonds is 9. The molecule has 144 valence electrons. The number of nitrogens with two attached hydrogens (primary N) is 1. The molecule has 0 heterocycles. The number of hydrogen-bond donors (Lipinski definition) is 2. The Hall–Kier alpha value is -3.22. The Morgan fingerprint density at radius 1 is 1.04 bits per heavy atom. The van der Waals surface area contributed by atoms with Gasteiger partial charge in [-0.2, -0.15) is 0 Å². The lowest BCUT2D eigenvalue weighted by molar-refractivity contribution is -0.118. The Morgan fingerprint density at radius 3 is 2.44 bits per heavy atom. The summed E-state index contributed by atoms with van der Waals surface area (Å²) in [6.07, 6.45) is 0.732. The number of carbonyl (C=O) groups excluding carboxylic acids is 2. The van der Waals surface area contributed by atoms with Gasteiger partial charge in [0.25, 0.3) is 5.91 Å². The maximum Gasteiger partial charge on any atom is 0.338 e. The molecule has 0 aliphatic rings. The fourth-order valence-electron chi connectivity index (χ4n) is 2.21. The van der Waals surface area contributed by atoms with Gasteiger partial charge in [-0.1, -0.05) is 6.92 Å². The van der Waals surface area contributed by atoms with Gasteiger partial charge in [0.2, 0.25) is 0 Å². The molecule has 3 N–H and O–H groups in total. The van der Waals surface area contributed by atoms with Crippen molar-refractivity contribution in [2.45, 2.75) is 20.3 Å². The molecule has 27 heavy (non-hydrogen) atoms. The van der Waals surface area contributed by atoms with Gasteiger partial charge < -0.3 is 25.3 Å². The fourth-order valence-corrected chi connectivity index (χ4v) is 2.21. The van der Waals surface area contributed by atoms with Gasteiger partial charge in [0, 0.05) is 5.69 Å². The second kappa shape index (κ2) is 10.1. The predicted octanol–water partition coefficient (Wildman–Crippen LogP) is 3.25. The third-order valence-corrected chi connectivity index (χ3v) is 3.49. The fraction of sp³-hybridized carbons (Fsp3) is 0.300. The van der Waals surface area contributed by atoms with Crippen LogP contribution in [0, 0.1) is 0 Å². The zero-order valence-electron chi connectivity index (χ0n) is 15.5. The number of ether oxygens (including phenoxy) is 3. The van der Waals surface area contributed by atoms with E-state index in [1.807, 2.05) is 13.8 Å². The van der Waals surface area contributed by atoms with Crippen LogP contribution in [0.2, 0.25) is 0 Å². The van der Waals surface area contributed by atoms with E-state index in [9.17, 15) is 9.59 Å². The highest BCUT2D eigenvalue weighted by Crippen LogP contribution is 2.23. The van der Waals surface area contributed by atoms with E-state index in [0.717, 1.165) is 12.2 Å². The number of esters is 1. The van der Waals surface area contributed by atoms with Crippen molar-refractivity contribution in [2.24, 2.45) is 0 Å². The Balaban J connectivity index is 1.92. The molecule has 1 amide bonds. The molecular weight excluding hydrogens is 348 g/mol. The number of anilines is 2. The Morgan fingerprint density at radius 2 is 1.78 bits per heavy atom. The minimum atomic E-state index is -0.458. The van der Waals surface area contributed by atoms with Crippen molar-refractivity contribution >= 4 is 23.3 Å². The molecule has 0 fully saturated rings. The largest absolute Gasteiger partial charge is 0.494 e. The Kier molecular flexibility index (Phi) is 7.49. The minimum Gasteiger partial charge on any atom is -0.494 e. The zero-order chi connectivity index (χ0) is 19.6. The minimum absolute atomic E-state index is 0.245. The molecule has 0 spiro atoms. The Bertz CT molecular complexity index is 774. The molecule has 0 aromatic heterocycles. The molecule has 2 rings (SSSR count). The topological polar surface area (TPSA) is 99.9 Å². The molecule has 0 radical (unpaired) electrons. The molecule has 0 unspecified atom stereocenters. The van der Waals surface area contributed by atoms with Crippen LogP contribution >= 0.6 is 0 Å². The van der Waals surface area contributed by atoms with Crippen LogP contribution < -0.4 is 20.5 Å². The number of carbonyl (C=O) groups is 2. The molecule has 0 bridgehead atoms. The molecule has 2 aromatic carbocycles. The van der Waals surface area contributed by atoms with Gasteiger partial charge in [-0.25, -0.2) is 4.79 Å². The summed E-state index contributed by atoms with van der Waals surface area (Å²) in [6, 6.07) is 11.6. The number of nitrogens with one attached hydrogen (secondary N) is 1. The smallest absolute Gasteiger partial charge is 0.338 e. The highest BCUT2D eigenvalue weighted by atomic mass is 16.5.